The molecule has 1 saturated heterocycles. The first-order valence-corrected chi connectivity index (χ1v) is 8.47. The predicted molar refractivity (Wildman–Crippen MR) is 71.9 cm³/mol. The molecule has 108 valence electrons. The van der Waals surface area contributed by atoms with Gasteiger partial charge in [-0.2, -0.15) is 5.10 Å². The first kappa shape index (κ1) is 14.5. The maximum atomic E-state index is 11.5. The molecule has 19 heavy (non-hydrogen) atoms. The Balaban J connectivity index is 2.15. The minimum absolute atomic E-state index is 0.0517. The van der Waals surface area contributed by atoms with Gasteiger partial charge in [0.05, 0.1) is 18.8 Å². The average Bonchev–Trinajstić information content (AvgIpc) is 2.86. The lowest BCUT2D eigenvalue weighted by Gasteiger charge is -2.32. The quantitative estimate of drug-likeness (QED) is 0.859. The SMILES string of the molecule is CCCNC1CCOCC1n1cc(S(C)(=O)=O)cn1. The maximum Gasteiger partial charge on any atom is 0.178 e. The molecule has 2 rings (SSSR count). The Kier molecular flexibility index (Phi) is 4.59. The molecule has 1 aliphatic heterocycles. The van der Waals surface area contributed by atoms with E-state index in [0.717, 1.165) is 26.0 Å². The van der Waals surface area contributed by atoms with Gasteiger partial charge in [-0.05, 0) is 19.4 Å². The lowest BCUT2D eigenvalue weighted by atomic mass is 10.0. The molecule has 0 aromatic carbocycles. The number of sulfone groups is 1. The lowest BCUT2D eigenvalue weighted by Crippen LogP contribution is -2.44. The van der Waals surface area contributed by atoms with E-state index in [-0.39, 0.29) is 17.0 Å². The molecule has 1 aromatic heterocycles. The molecule has 7 heteroatoms. The Morgan fingerprint density at radius 1 is 1.58 bits per heavy atom. The third kappa shape index (κ3) is 3.55. The number of hydrogen-bond donors (Lipinski definition) is 1. The molecule has 0 spiro atoms. The van der Waals surface area contributed by atoms with Gasteiger partial charge in [0.15, 0.2) is 9.84 Å². The van der Waals surface area contributed by atoms with E-state index < -0.39 is 9.84 Å². The second kappa shape index (κ2) is 6.02. The summed E-state index contributed by atoms with van der Waals surface area (Å²) in [4.78, 5) is 0.257. The van der Waals surface area contributed by atoms with Crippen molar-refractivity contribution in [2.45, 2.75) is 36.7 Å². The molecule has 2 heterocycles. The van der Waals surface area contributed by atoms with Gasteiger partial charge in [-0.3, -0.25) is 4.68 Å². The summed E-state index contributed by atoms with van der Waals surface area (Å²) in [5.74, 6) is 0. The van der Waals surface area contributed by atoms with Gasteiger partial charge in [-0.25, -0.2) is 8.42 Å². The molecule has 0 bridgehead atoms. The van der Waals surface area contributed by atoms with Gasteiger partial charge in [0.2, 0.25) is 0 Å². The van der Waals surface area contributed by atoms with Gasteiger partial charge in [-0.15, -0.1) is 0 Å². The van der Waals surface area contributed by atoms with Crippen molar-refractivity contribution in [1.29, 1.82) is 0 Å². The molecule has 2 atom stereocenters. The molecule has 0 amide bonds. The van der Waals surface area contributed by atoms with Gasteiger partial charge in [-0.1, -0.05) is 6.92 Å². The average molecular weight is 287 g/mol. The zero-order chi connectivity index (χ0) is 13.9. The van der Waals surface area contributed by atoms with Crippen molar-refractivity contribution in [1.82, 2.24) is 15.1 Å². The zero-order valence-electron chi connectivity index (χ0n) is 11.4. The van der Waals surface area contributed by atoms with Crippen LogP contribution < -0.4 is 5.32 Å². The molecule has 6 nitrogen and oxygen atoms in total. The summed E-state index contributed by atoms with van der Waals surface area (Å²) in [7, 11) is -3.20. The summed E-state index contributed by atoms with van der Waals surface area (Å²) < 4.78 is 30.2. The van der Waals surface area contributed by atoms with Crippen LogP contribution in [0.5, 0.6) is 0 Å². The number of rotatable bonds is 5. The van der Waals surface area contributed by atoms with Crippen molar-refractivity contribution in [3.8, 4) is 0 Å². The molecule has 1 fully saturated rings. The summed E-state index contributed by atoms with van der Waals surface area (Å²) in [6, 6.07) is 0.330. The van der Waals surface area contributed by atoms with E-state index in [1.807, 2.05) is 0 Å². The number of nitrogens with one attached hydrogen (secondary N) is 1. The van der Waals surface area contributed by atoms with E-state index in [1.54, 1.807) is 10.9 Å². The number of ether oxygens (including phenoxy) is 1. The fraction of sp³-hybridized carbons (Fsp3) is 0.750. The number of nitrogens with zero attached hydrogens (tertiary/aromatic N) is 2. The standard InChI is InChI=1S/C12H21N3O3S/c1-3-5-13-11-4-6-18-9-12(11)15-8-10(7-14-15)19(2,16)17/h7-8,11-13H,3-6,9H2,1-2H3. The first-order chi connectivity index (χ1) is 9.02. The minimum Gasteiger partial charge on any atom is -0.379 e. The van der Waals surface area contributed by atoms with Crippen molar-refractivity contribution in [2.75, 3.05) is 26.0 Å². The summed E-state index contributed by atoms with van der Waals surface area (Å²) in [6.07, 6.45) is 6.17. The van der Waals surface area contributed by atoms with Gasteiger partial charge < -0.3 is 10.1 Å². The number of hydrogen-bond acceptors (Lipinski definition) is 5. The Labute approximate surface area is 114 Å². The van der Waals surface area contributed by atoms with Crippen LogP contribution in [0.1, 0.15) is 25.8 Å². The maximum absolute atomic E-state index is 11.5. The van der Waals surface area contributed by atoms with E-state index in [2.05, 4.69) is 17.3 Å². The summed E-state index contributed by atoms with van der Waals surface area (Å²) in [5.41, 5.74) is 0. The van der Waals surface area contributed by atoms with Crippen LogP contribution in [0, 0.1) is 0 Å². The molecule has 0 saturated carbocycles. The number of aromatic nitrogens is 2. The van der Waals surface area contributed by atoms with Gasteiger partial charge in [0.1, 0.15) is 4.90 Å². The topological polar surface area (TPSA) is 73.2 Å². The lowest BCUT2D eigenvalue weighted by molar-refractivity contribution is 0.0326. The Hall–Kier alpha value is -0.920. The van der Waals surface area contributed by atoms with Crippen molar-refractivity contribution >= 4 is 9.84 Å². The summed E-state index contributed by atoms with van der Waals surface area (Å²) in [6.45, 7) is 4.36. The minimum atomic E-state index is -3.20. The second-order valence-electron chi connectivity index (χ2n) is 4.92. The van der Waals surface area contributed by atoms with Crippen molar-refractivity contribution in [2.24, 2.45) is 0 Å². The van der Waals surface area contributed by atoms with Crippen molar-refractivity contribution in [3.05, 3.63) is 12.4 Å². The monoisotopic (exact) mass is 287 g/mol. The Morgan fingerprint density at radius 3 is 3.00 bits per heavy atom. The van der Waals surface area contributed by atoms with E-state index in [1.165, 1.54) is 12.5 Å². The predicted octanol–water partition coefficient (Wildman–Crippen LogP) is 0.616. The fourth-order valence-corrected chi connectivity index (χ4v) is 2.78. The van der Waals surface area contributed by atoms with Crippen LogP contribution in [0.4, 0.5) is 0 Å². The van der Waals surface area contributed by atoms with Crippen LogP contribution in [-0.4, -0.2) is 50.3 Å². The van der Waals surface area contributed by atoms with Crippen LogP contribution in [-0.2, 0) is 14.6 Å². The van der Waals surface area contributed by atoms with E-state index in [0.29, 0.717) is 6.61 Å². The van der Waals surface area contributed by atoms with Crippen LogP contribution in [0.2, 0.25) is 0 Å². The third-order valence-electron chi connectivity index (χ3n) is 3.33. The molecule has 1 aromatic rings. The summed E-state index contributed by atoms with van der Waals surface area (Å²) in [5, 5.41) is 7.66. The molecular formula is C12H21N3O3S. The molecule has 0 radical (unpaired) electrons. The van der Waals surface area contributed by atoms with E-state index in [4.69, 9.17) is 4.74 Å². The molecule has 2 unspecified atom stereocenters. The largest absolute Gasteiger partial charge is 0.379 e. The molecular weight excluding hydrogens is 266 g/mol. The first-order valence-electron chi connectivity index (χ1n) is 6.57. The zero-order valence-corrected chi connectivity index (χ0v) is 12.2. The Bertz CT molecular complexity index is 512. The molecule has 1 aliphatic rings. The van der Waals surface area contributed by atoms with Gasteiger partial charge >= 0.3 is 0 Å². The van der Waals surface area contributed by atoms with Crippen molar-refractivity contribution in [3.63, 3.8) is 0 Å². The van der Waals surface area contributed by atoms with Crippen LogP contribution in [0.15, 0.2) is 17.3 Å². The highest BCUT2D eigenvalue weighted by atomic mass is 32.2. The smallest absolute Gasteiger partial charge is 0.178 e. The molecule has 1 N–H and O–H groups in total. The van der Waals surface area contributed by atoms with Crippen LogP contribution in [0.3, 0.4) is 0 Å². The van der Waals surface area contributed by atoms with Crippen LogP contribution >= 0.6 is 0 Å². The van der Waals surface area contributed by atoms with E-state index in [9.17, 15) is 8.42 Å². The highest BCUT2D eigenvalue weighted by Crippen LogP contribution is 2.21. The summed E-state index contributed by atoms with van der Waals surface area (Å²) >= 11 is 0. The van der Waals surface area contributed by atoms with Gasteiger partial charge in [0, 0.05) is 25.1 Å². The van der Waals surface area contributed by atoms with Crippen LogP contribution in [0.25, 0.3) is 0 Å². The third-order valence-corrected chi connectivity index (χ3v) is 4.40. The highest BCUT2D eigenvalue weighted by molar-refractivity contribution is 7.90. The van der Waals surface area contributed by atoms with Gasteiger partial charge in [0.25, 0.3) is 0 Å². The molecule has 0 aliphatic carbocycles. The second-order valence-corrected chi connectivity index (χ2v) is 6.94. The van der Waals surface area contributed by atoms with Crippen molar-refractivity contribution < 1.29 is 13.2 Å². The Morgan fingerprint density at radius 2 is 2.37 bits per heavy atom. The highest BCUT2D eigenvalue weighted by Gasteiger charge is 2.28. The fourth-order valence-electron chi connectivity index (χ4n) is 2.24. The normalized spacial score (nSPS) is 24.5. The van der Waals surface area contributed by atoms with E-state index >= 15 is 0 Å².